The van der Waals surface area contributed by atoms with Crippen LogP contribution in [0.4, 0.5) is 4.39 Å². The number of hydrogen-bond donors (Lipinski definition) is 1. The second kappa shape index (κ2) is 5.37. The number of nitrogens with zero attached hydrogens (tertiary/aromatic N) is 1. The lowest BCUT2D eigenvalue weighted by Crippen LogP contribution is -2.11. The maximum Gasteiger partial charge on any atom is 0.123 e. The zero-order chi connectivity index (χ0) is 10.4. The van der Waals surface area contributed by atoms with Gasteiger partial charge in [0, 0.05) is 6.42 Å². The van der Waals surface area contributed by atoms with Gasteiger partial charge < -0.3 is 5.73 Å². The molecule has 2 nitrogen and oxygen atoms in total. The van der Waals surface area contributed by atoms with E-state index in [1.165, 1.54) is 12.1 Å². The molecule has 2 N–H and O–H groups in total. The molecule has 14 heavy (non-hydrogen) atoms. The molecule has 1 rings (SSSR count). The van der Waals surface area contributed by atoms with E-state index in [0.717, 1.165) is 18.4 Å². The summed E-state index contributed by atoms with van der Waals surface area (Å²) >= 11 is 0. The van der Waals surface area contributed by atoms with Crippen LogP contribution >= 0.6 is 0 Å². The molecule has 0 fully saturated rings. The highest BCUT2D eigenvalue weighted by molar-refractivity contribution is 5.80. The van der Waals surface area contributed by atoms with E-state index in [1.54, 1.807) is 6.07 Å². The Morgan fingerprint density at radius 1 is 1.50 bits per heavy atom. The summed E-state index contributed by atoms with van der Waals surface area (Å²) in [6.45, 7) is 2.51. The van der Waals surface area contributed by atoms with Crippen molar-refractivity contribution in [2.24, 2.45) is 10.7 Å². The minimum absolute atomic E-state index is 0.230. The number of amidine groups is 1. The molecule has 0 atom stereocenters. The number of halogens is 1. The molecule has 1 aromatic carbocycles. The number of hydrogen-bond acceptors (Lipinski definition) is 1. The van der Waals surface area contributed by atoms with Crippen molar-refractivity contribution in [1.29, 1.82) is 0 Å². The summed E-state index contributed by atoms with van der Waals surface area (Å²) in [5.41, 5.74) is 6.48. The molecule has 1 aromatic rings. The molecule has 0 saturated carbocycles. The molecule has 0 heterocycles. The van der Waals surface area contributed by atoms with Gasteiger partial charge in [-0.05, 0) is 24.1 Å². The van der Waals surface area contributed by atoms with Gasteiger partial charge in [0.15, 0.2) is 0 Å². The van der Waals surface area contributed by atoms with Crippen LogP contribution in [0, 0.1) is 5.82 Å². The fourth-order valence-electron chi connectivity index (χ4n) is 1.16. The number of rotatable bonds is 4. The topological polar surface area (TPSA) is 38.4 Å². The zero-order valence-electron chi connectivity index (χ0n) is 8.33. The van der Waals surface area contributed by atoms with Crippen LogP contribution in [0.5, 0.6) is 0 Å². The monoisotopic (exact) mass is 194 g/mol. The van der Waals surface area contributed by atoms with Crippen molar-refractivity contribution in [3.63, 3.8) is 0 Å². The second-order valence-electron chi connectivity index (χ2n) is 3.19. The Labute approximate surface area is 83.7 Å². The summed E-state index contributed by atoms with van der Waals surface area (Å²) in [4.78, 5) is 4.15. The van der Waals surface area contributed by atoms with Gasteiger partial charge in [0.2, 0.25) is 0 Å². The lowest BCUT2D eigenvalue weighted by molar-refractivity contribution is 0.625. The molecule has 0 aliphatic heterocycles. The van der Waals surface area contributed by atoms with Crippen molar-refractivity contribution in [1.82, 2.24) is 0 Å². The quantitative estimate of drug-likeness (QED) is 0.580. The van der Waals surface area contributed by atoms with Gasteiger partial charge in [0.05, 0.1) is 12.4 Å². The minimum atomic E-state index is -0.230. The SMILES string of the molecule is CCCC(N)=NCc1cccc(F)c1. The molecule has 0 unspecified atom stereocenters. The number of aliphatic imine (C=N–C) groups is 1. The summed E-state index contributed by atoms with van der Waals surface area (Å²) in [6, 6.07) is 6.41. The summed E-state index contributed by atoms with van der Waals surface area (Å²) in [7, 11) is 0. The normalized spacial score (nSPS) is 11.7. The van der Waals surface area contributed by atoms with E-state index in [4.69, 9.17) is 5.73 Å². The Kier molecular flexibility index (Phi) is 4.11. The molecule has 0 saturated heterocycles. The van der Waals surface area contributed by atoms with Crippen molar-refractivity contribution in [2.75, 3.05) is 0 Å². The highest BCUT2D eigenvalue weighted by Crippen LogP contribution is 2.04. The lowest BCUT2D eigenvalue weighted by atomic mass is 10.2. The Morgan fingerprint density at radius 2 is 2.29 bits per heavy atom. The third kappa shape index (κ3) is 3.56. The van der Waals surface area contributed by atoms with Crippen LogP contribution in [0.1, 0.15) is 25.3 Å². The number of benzene rings is 1. The molecule has 0 aliphatic carbocycles. The van der Waals surface area contributed by atoms with Crippen molar-refractivity contribution < 1.29 is 4.39 Å². The standard InChI is InChI=1S/C11H15FN2/c1-2-4-11(13)14-8-9-5-3-6-10(12)7-9/h3,5-7H,2,4,8H2,1H3,(H2,13,14). The predicted octanol–water partition coefficient (Wildman–Crippen LogP) is 2.48. The van der Waals surface area contributed by atoms with Crippen LogP contribution < -0.4 is 5.73 Å². The van der Waals surface area contributed by atoms with Crippen molar-refractivity contribution >= 4 is 5.84 Å². The van der Waals surface area contributed by atoms with E-state index in [-0.39, 0.29) is 5.82 Å². The maximum absolute atomic E-state index is 12.8. The summed E-state index contributed by atoms with van der Waals surface area (Å²) in [5.74, 6) is 0.406. The molecule has 76 valence electrons. The van der Waals surface area contributed by atoms with Crippen LogP contribution in [0.15, 0.2) is 29.3 Å². The Bertz CT molecular complexity index is 321. The van der Waals surface area contributed by atoms with Gasteiger partial charge in [-0.1, -0.05) is 19.1 Å². The molecule has 0 radical (unpaired) electrons. The molecule has 0 aliphatic rings. The van der Waals surface area contributed by atoms with Crippen LogP contribution in [0.2, 0.25) is 0 Å². The van der Waals surface area contributed by atoms with E-state index in [1.807, 2.05) is 13.0 Å². The third-order valence-corrected chi connectivity index (χ3v) is 1.86. The minimum Gasteiger partial charge on any atom is -0.387 e. The van der Waals surface area contributed by atoms with Gasteiger partial charge >= 0.3 is 0 Å². The maximum atomic E-state index is 12.8. The average Bonchev–Trinajstić information content (AvgIpc) is 2.15. The van der Waals surface area contributed by atoms with Crippen LogP contribution in [0.25, 0.3) is 0 Å². The third-order valence-electron chi connectivity index (χ3n) is 1.86. The predicted molar refractivity (Wildman–Crippen MR) is 56.6 cm³/mol. The Balaban J connectivity index is 2.57. The first-order chi connectivity index (χ1) is 6.72. The van der Waals surface area contributed by atoms with Gasteiger partial charge in [-0.3, -0.25) is 4.99 Å². The summed E-state index contributed by atoms with van der Waals surface area (Å²) in [5, 5.41) is 0. The first-order valence-corrected chi connectivity index (χ1v) is 4.75. The van der Waals surface area contributed by atoms with Gasteiger partial charge in [0.25, 0.3) is 0 Å². The van der Waals surface area contributed by atoms with Crippen molar-refractivity contribution in [2.45, 2.75) is 26.3 Å². The molecule has 0 spiro atoms. The van der Waals surface area contributed by atoms with E-state index in [9.17, 15) is 4.39 Å². The van der Waals surface area contributed by atoms with E-state index in [2.05, 4.69) is 4.99 Å². The van der Waals surface area contributed by atoms with Crippen molar-refractivity contribution in [3.05, 3.63) is 35.6 Å². The second-order valence-corrected chi connectivity index (χ2v) is 3.19. The van der Waals surface area contributed by atoms with E-state index < -0.39 is 0 Å². The first-order valence-electron chi connectivity index (χ1n) is 4.75. The average molecular weight is 194 g/mol. The van der Waals surface area contributed by atoms with Crippen LogP contribution in [0.3, 0.4) is 0 Å². The number of nitrogens with two attached hydrogens (primary N) is 1. The highest BCUT2D eigenvalue weighted by atomic mass is 19.1. The largest absolute Gasteiger partial charge is 0.387 e. The molecular formula is C11H15FN2. The smallest absolute Gasteiger partial charge is 0.123 e. The van der Waals surface area contributed by atoms with Gasteiger partial charge in [-0.25, -0.2) is 4.39 Å². The molecular weight excluding hydrogens is 179 g/mol. The van der Waals surface area contributed by atoms with E-state index >= 15 is 0 Å². The highest BCUT2D eigenvalue weighted by Gasteiger charge is 1.94. The fourth-order valence-corrected chi connectivity index (χ4v) is 1.16. The molecule has 3 heteroatoms. The van der Waals surface area contributed by atoms with Crippen molar-refractivity contribution in [3.8, 4) is 0 Å². The zero-order valence-corrected chi connectivity index (χ0v) is 8.33. The molecule has 0 bridgehead atoms. The van der Waals surface area contributed by atoms with Crippen LogP contribution in [-0.4, -0.2) is 5.84 Å². The summed E-state index contributed by atoms with van der Waals surface area (Å²) < 4.78 is 12.8. The Hall–Kier alpha value is -1.38. The summed E-state index contributed by atoms with van der Waals surface area (Å²) in [6.07, 6.45) is 1.79. The van der Waals surface area contributed by atoms with Crippen LogP contribution in [-0.2, 0) is 6.54 Å². The van der Waals surface area contributed by atoms with Gasteiger partial charge in [0.1, 0.15) is 5.82 Å². The first kappa shape index (κ1) is 10.7. The molecule has 0 aromatic heterocycles. The Morgan fingerprint density at radius 3 is 2.93 bits per heavy atom. The lowest BCUT2D eigenvalue weighted by Gasteiger charge is -1.99. The van der Waals surface area contributed by atoms with Gasteiger partial charge in [-0.15, -0.1) is 0 Å². The fraction of sp³-hybridized carbons (Fsp3) is 0.364. The molecule has 0 amide bonds. The van der Waals surface area contributed by atoms with Gasteiger partial charge in [-0.2, -0.15) is 0 Å². The van der Waals surface area contributed by atoms with E-state index in [0.29, 0.717) is 12.4 Å².